The predicted octanol–water partition coefficient (Wildman–Crippen LogP) is 14.3. The van der Waals surface area contributed by atoms with Crippen molar-refractivity contribution < 1.29 is 0 Å². The van der Waals surface area contributed by atoms with Crippen LogP contribution >= 0.6 is 0 Å². The Kier molecular flexibility index (Phi) is 27.7. The van der Waals surface area contributed by atoms with Gasteiger partial charge in [0.2, 0.25) is 0 Å². The molecular formula is C40H74. The normalized spacial score (nSPS) is 11.5. The topological polar surface area (TPSA) is 0 Å². The van der Waals surface area contributed by atoms with E-state index >= 15 is 0 Å². The van der Waals surface area contributed by atoms with Gasteiger partial charge in [-0.1, -0.05) is 206 Å². The van der Waals surface area contributed by atoms with Crippen molar-refractivity contribution in [2.45, 2.75) is 220 Å². The summed E-state index contributed by atoms with van der Waals surface area (Å²) in [6.07, 6.45) is 44.3. The van der Waals surface area contributed by atoms with Gasteiger partial charge in [-0.25, -0.2) is 0 Å². The summed E-state index contributed by atoms with van der Waals surface area (Å²) in [6, 6.07) is 7.17. The van der Waals surface area contributed by atoms with E-state index in [0.29, 0.717) is 0 Å². The van der Waals surface area contributed by atoms with Gasteiger partial charge < -0.3 is 0 Å². The molecule has 40 heavy (non-hydrogen) atoms. The molecule has 0 saturated heterocycles. The van der Waals surface area contributed by atoms with Crippen LogP contribution in [0.5, 0.6) is 0 Å². The van der Waals surface area contributed by atoms with E-state index in [2.05, 4.69) is 39.0 Å². The van der Waals surface area contributed by atoms with Gasteiger partial charge in [-0.05, 0) is 48.8 Å². The SMILES string of the molecule is CCCCCCCCCCCCCCCCc1cccc(CC)c1CCCCCCCCCCCCCCCC. The summed E-state index contributed by atoms with van der Waals surface area (Å²) in [7, 11) is 0. The third-order valence-electron chi connectivity index (χ3n) is 9.33. The quantitative estimate of drug-likeness (QED) is 0.0800. The highest BCUT2D eigenvalue weighted by Gasteiger charge is 2.07. The van der Waals surface area contributed by atoms with Crippen LogP contribution in [0, 0.1) is 0 Å². The molecule has 0 saturated carbocycles. The first-order chi connectivity index (χ1) is 19.8. The Morgan fingerprint density at radius 3 is 0.975 bits per heavy atom. The molecule has 1 aromatic carbocycles. The van der Waals surface area contributed by atoms with Gasteiger partial charge in [-0.2, -0.15) is 0 Å². The largest absolute Gasteiger partial charge is 0.0654 e. The molecule has 1 aromatic rings. The van der Waals surface area contributed by atoms with Crippen LogP contribution in [-0.2, 0) is 19.3 Å². The van der Waals surface area contributed by atoms with Crippen molar-refractivity contribution in [3.05, 3.63) is 34.9 Å². The lowest BCUT2D eigenvalue weighted by Gasteiger charge is -2.14. The first-order valence-electron chi connectivity index (χ1n) is 18.9. The molecule has 0 heterocycles. The summed E-state index contributed by atoms with van der Waals surface area (Å²) >= 11 is 0. The minimum absolute atomic E-state index is 1.19. The Bertz CT molecular complexity index is 629. The second-order valence-electron chi connectivity index (χ2n) is 13.1. The summed E-state index contributed by atoms with van der Waals surface area (Å²) in [5.74, 6) is 0. The van der Waals surface area contributed by atoms with Crippen LogP contribution in [0.25, 0.3) is 0 Å². The van der Waals surface area contributed by atoms with E-state index in [-0.39, 0.29) is 0 Å². The zero-order valence-electron chi connectivity index (χ0n) is 28.2. The fourth-order valence-corrected chi connectivity index (χ4v) is 6.58. The van der Waals surface area contributed by atoms with Crippen molar-refractivity contribution in [1.29, 1.82) is 0 Å². The van der Waals surface area contributed by atoms with Gasteiger partial charge in [0.1, 0.15) is 0 Å². The minimum Gasteiger partial charge on any atom is -0.0654 e. The van der Waals surface area contributed by atoms with Crippen LogP contribution in [0.15, 0.2) is 18.2 Å². The van der Waals surface area contributed by atoms with Crippen LogP contribution in [0.4, 0.5) is 0 Å². The van der Waals surface area contributed by atoms with E-state index in [0.717, 1.165) is 0 Å². The highest BCUT2D eigenvalue weighted by atomic mass is 14.1. The van der Waals surface area contributed by atoms with Gasteiger partial charge in [-0.3, -0.25) is 0 Å². The van der Waals surface area contributed by atoms with Gasteiger partial charge >= 0.3 is 0 Å². The molecule has 0 N–H and O–H groups in total. The number of aryl methyl sites for hydroxylation is 2. The fourth-order valence-electron chi connectivity index (χ4n) is 6.58. The molecule has 0 aromatic heterocycles. The molecule has 0 spiro atoms. The van der Waals surface area contributed by atoms with Crippen molar-refractivity contribution in [2.24, 2.45) is 0 Å². The minimum atomic E-state index is 1.19. The molecule has 0 atom stereocenters. The molecule has 0 heteroatoms. The van der Waals surface area contributed by atoms with Crippen molar-refractivity contribution in [3.63, 3.8) is 0 Å². The lowest BCUT2D eigenvalue weighted by atomic mass is 9.91. The predicted molar refractivity (Wildman–Crippen MR) is 184 cm³/mol. The molecule has 0 amide bonds. The molecule has 234 valence electrons. The van der Waals surface area contributed by atoms with Gasteiger partial charge in [-0.15, -0.1) is 0 Å². The second kappa shape index (κ2) is 29.7. The Labute approximate surface area is 254 Å². The molecule has 0 aliphatic carbocycles. The Balaban J connectivity index is 2.06. The van der Waals surface area contributed by atoms with E-state index in [9.17, 15) is 0 Å². The van der Waals surface area contributed by atoms with Crippen LogP contribution in [-0.4, -0.2) is 0 Å². The van der Waals surface area contributed by atoms with Crippen molar-refractivity contribution in [2.75, 3.05) is 0 Å². The molecule has 0 aliphatic rings. The lowest BCUT2D eigenvalue weighted by molar-refractivity contribution is 0.534. The first kappa shape index (κ1) is 37.2. The molecule has 1 rings (SSSR count). The van der Waals surface area contributed by atoms with E-state index in [1.807, 2.05) is 0 Å². The van der Waals surface area contributed by atoms with E-state index in [1.165, 1.54) is 199 Å². The van der Waals surface area contributed by atoms with Crippen molar-refractivity contribution in [1.82, 2.24) is 0 Å². The maximum atomic E-state index is 2.44. The Morgan fingerprint density at radius 1 is 0.325 bits per heavy atom. The van der Waals surface area contributed by atoms with E-state index < -0.39 is 0 Å². The average molecular weight is 555 g/mol. The zero-order chi connectivity index (χ0) is 28.8. The summed E-state index contributed by atoms with van der Waals surface area (Å²) in [4.78, 5) is 0. The zero-order valence-corrected chi connectivity index (χ0v) is 28.2. The summed E-state index contributed by atoms with van der Waals surface area (Å²) < 4.78 is 0. The summed E-state index contributed by atoms with van der Waals surface area (Å²) in [5, 5.41) is 0. The van der Waals surface area contributed by atoms with Crippen molar-refractivity contribution in [3.8, 4) is 0 Å². The average Bonchev–Trinajstić information content (AvgIpc) is 2.97. The Hall–Kier alpha value is -0.780. The number of hydrogen-bond acceptors (Lipinski definition) is 0. The van der Waals surface area contributed by atoms with Crippen LogP contribution < -0.4 is 0 Å². The van der Waals surface area contributed by atoms with Crippen LogP contribution in [0.1, 0.15) is 217 Å². The molecule has 0 radical (unpaired) electrons. The van der Waals surface area contributed by atoms with Gasteiger partial charge in [0.05, 0.1) is 0 Å². The third kappa shape index (κ3) is 21.9. The highest BCUT2D eigenvalue weighted by molar-refractivity contribution is 5.35. The fraction of sp³-hybridized carbons (Fsp3) is 0.850. The van der Waals surface area contributed by atoms with Crippen LogP contribution in [0.3, 0.4) is 0 Å². The molecule has 0 nitrogen and oxygen atoms in total. The molecule has 0 unspecified atom stereocenters. The maximum absolute atomic E-state index is 2.44. The molecular weight excluding hydrogens is 480 g/mol. The molecule has 0 bridgehead atoms. The van der Waals surface area contributed by atoms with Crippen molar-refractivity contribution >= 4 is 0 Å². The number of benzene rings is 1. The number of unbranched alkanes of at least 4 members (excludes halogenated alkanes) is 26. The van der Waals surface area contributed by atoms with Gasteiger partial charge in [0.15, 0.2) is 0 Å². The Morgan fingerprint density at radius 2 is 0.625 bits per heavy atom. The van der Waals surface area contributed by atoms with Gasteiger partial charge in [0.25, 0.3) is 0 Å². The number of hydrogen-bond donors (Lipinski definition) is 0. The second-order valence-corrected chi connectivity index (χ2v) is 13.1. The van der Waals surface area contributed by atoms with E-state index in [1.54, 1.807) is 16.7 Å². The lowest BCUT2D eigenvalue weighted by Crippen LogP contribution is -2.01. The van der Waals surface area contributed by atoms with Gasteiger partial charge in [0, 0.05) is 0 Å². The monoisotopic (exact) mass is 555 g/mol. The number of rotatable bonds is 31. The smallest absolute Gasteiger partial charge is 0.0273 e. The molecule has 0 fully saturated rings. The highest BCUT2D eigenvalue weighted by Crippen LogP contribution is 2.22. The van der Waals surface area contributed by atoms with E-state index in [4.69, 9.17) is 0 Å². The maximum Gasteiger partial charge on any atom is -0.0273 e. The summed E-state index contributed by atoms with van der Waals surface area (Å²) in [6.45, 7) is 6.96. The van der Waals surface area contributed by atoms with Crippen LogP contribution in [0.2, 0.25) is 0 Å². The summed E-state index contributed by atoms with van der Waals surface area (Å²) in [5.41, 5.74) is 5.02. The molecule has 0 aliphatic heterocycles. The standard InChI is InChI=1S/C40H74/c1-4-7-9-11-13-15-17-19-21-23-25-27-29-31-34-39-36-33-35-38(6-3)40(39)37-32-30-28-26-24-22-20-18-16-14-12-10-8-5-2/h33,35-36H,4-32,34,37H2,1-3H3. The first-order valence-corrected chi connectivity index (χ1v) is 18.9. The third-order valence-corrected chi connectivity index (χ3v) is 9.33.